The maximum atomic E-state index is 14.4. The average Bonchev–Trinajstić information content (AvgIpc) is 2.79. The molecule has 7 nitrogen and oxygen atoms in total. The van der Waals surface area contributed by atoms with Crippen molar-refractivity contribution in [1.29, 1.82) is 0 Å². The Morgan fingerprint density at radius 3 is 2.15 bits per heavy atom. The van der Waals surface area contributed by atoms with Crippen LogP contribution in [-0.4, -0.2) is 50.5 Å². The molecule has 2 aromatic rings. The van der Waals surface area contributed by atoms with Crippen molar-refractivity contribution in [2.75, 3.05) is 23.7 Å². The number of aryl methyl sites for hydroxylation is 1. The van der Waals surface area contributed by atoms with Gasteiger partial charge in [0.15, 0.2) is 0 Å². The molecule has 0 bridgehead atoms. The topological polar surface area (TPSA) is 86.8 Å². The van der Waals surface area contributed by atoms with Gasteiger partial charge in [-0.25, -0.2) is 12.8 Å². The van der Waals surface area contributed by atoms with Crippen molar-refractivity contribution >= 4 is 27.5 Å². The van der Waals surface area contributed by atoms with Crippen LogP contribution in [-0.2, 0) is 32.6 Å². The van der Waals surface area contributed by atoms with E-state index in [1.165, 1.54) is 23.1 Å². The van der Waals surface area contributed by atoms with Gasteiger partial charge in [-0.3, -0.25) is 13.9 Å². The van der Waals surface area contributed by atoms with Crippen LogP contribution < -0.4 is 9.62 Å². The summed E-state index contributed by atoms with van der Waals surface area (Å²) in [7, 11) is -3.82. The SMILES string of the molecule is CCc1ccccc1N(CC(=O)N(Cc1ccccc1F)C(C)C(=O)NCC(C)C)S(C)(=O)=O. The van der Waals surface area contributed by atoms with E-state index in [2.05, 4.69) is 5.32 Å². The molecule has 0 heterocycles. The molecule has 0 radical (unpaired) electrons. The molecule has 2 amide bonds. The third-order valence-electron chi connectivity index (χ3n) is 5.47. The highest BCUT2D eigenvalue weighted by molar-refractivity contribution is 7.92. The van der Waals surface area contributed by atoms with Crippen molar-refractivity contribution in [1.82, 2.24) is 10.2 Å². The van der Waals surface area contributed by atoms with Crippen LogP contribution >= 0.6 is 0 Å². The van der Waals surface area contributed by atoms with Gasteiger partial charge in [-0.1, -0.05) is 57.2 Å². The Hall–Kier alpha value is -2.94. The molecule has 0 aliphatic heterocycles. The van der Waals surface area contributed by atoms with Gasteiger partial charge in [-0.15, -0.1) is 0 Å². The lowest BCUT2D eigenvalue weighted by atomic mass is 10.1. The lowest BCUT2D eigenvalue weighted by Gasteiger charge is -2.32. The third-order valence-corrected chi connectivity index (χ3v) is 6.60. The summed E-state index contributed by atoms with van der Waals surface area (Å²) in [6.45, 7) is 7.09. The molecule has 0 fully saturated rings. The Morgan fingerprint density at radius 1 is 1.00 bits per heavy atom. The number of halogens is 1. The van der Waals surface area contributed by atoms with Crippen molar-refractivity contribution in [3.63, 3.8) is 0 Å². The zero-order chi connectivity index (χ0) is 25.5. The van der Waals surface area contributed by atoms with E-state index in [9.17, 15) is 22.4 Å². The zero-order valence-electron chi connectivity index (χ0n) is 20.4. The van der Waals surface area contributed by atoms with Crippen LogP contribution in [0.5, 0.6) is 0 Å². The molecule has 0 aliphatic rings. The summed E-state index contributed by atoms with van der Waals surface area (Å²) in [5.74, 6) is -1.30. The molecule has 186 valence electrons. The van der Waals surface area contributed by atoms with Gasteiger partial charge < -0.3 is 10.2 Å². The molecular weight excluding hydrogens is 457 g/mol. The van der Waals surface area contributed by atoms with E-state index < -0.39 is 40.2 Å². The van der Waals surface area contributed by atoms with E-state index in [0.717, 1.165) is 16.1 Å². The Bertz CT molecular complexity index is 1100. The predicted octanol–water partition coefficient (Wildman–Crippen LogP) is 3.34. The van der Waals surface area contributed by atoms with Crippen LogP contribution in [0.1, 0.15) is 38.8 Å². The van der Waals surface area contributed by atoms with Crippen LogP contribution in [0.25, 0.3) is 0 Å². The number of benzene rings is 2. The summed E-state index contributed by atoms with van der Waals surface area (Å²) in [5, 5.41) is 2.79. The molecule has 0 saturated carbocycles. The van der Waals surface area contributed by atoms with Gasteiger partial charge in [0.05, 0.1) is 11.9 Å². The fraction of sp³-hybridized carbons (Fsp3) is 0.440. The summed E-state index contributed by atoms with van der Waals surface area (Å²) in [5.41, 5.74) is 1.41. The summed E-state index contributed by atoms with van der Waals surface area (Å²) in [6.07, 6.45) is 1.61. The number of hydrogen-bond donors (Lipinski definition) is 1. The first-order valence-corrected chi connectivity index (χ1v) is 13.2. The number of nitrogens with one attached hydrogen (secondary N) is 1. The largest absolute Gasteiger partial charge is 0.354 e. The Kier molecular flexibility index (Phi) is 9.61. The molecule has 0 saturated heterocycles. The maximum absolute atomic E-state index is 14.4. The van der Waals surface area contributed by atoms with Crippen LogP contribution in [0.15, 0.2) is 48.5 Å². The van der Waals surface area contributed by atoms with Crippen LogP contribution in [0.3, 0.4) is 0 Å². The fourth-order valence-corrected chi connectivity index (χ4v) is 4.37. The first-order chi connectivity index (χ1) is 16.0. The minimum Gasteiger partial charge on any atom is -0.354 e. The molecule has 34 heavy (non-hydrogen) atoms. The molecule has 0 aliphatic carbocycles. The first-order valence-electron chi connectivity index (χ1n) is 11.3. The molecule has 2 aromatic carbocycles. The second-order valence-corrected chi connectivity index (χ2v) is 10.6. The van der Waals surface area contributed by atoms with Gasteiger partial charge >= 0.3 is 0 Å². The minimum atomic E-state index is -3.82. The molecule has 1 atom stereocenters. The van der Waals surface area contributed by atoms with Crippen molar-refractivity contribution in [3.8, 4) is 0 Å². The Morgan fingerprint density at radius 2 is 1.59 bits per heavy atom. The highest BCUT2D eigenvalue weighted by Gasteiger charge is 2.31. The second-order valence-electron chi connectivity index (χ2n) is 8.68. The zero-order valence-corrected chi connectivity index (χ0v) is 21.2. The van der Waals surface area contributed by atoms with E-state index in [1.54, 1.807) is 37.3 Å². The summed E-state index contributed by atoms with van der Waals surface area (Å²) >= 11 is 0. The standard InChI is InChI=1S/C25H34FN3O4S/c1-6-20-11-8-10-14-23(20)29(34(5,32)33)17-24(30)28(16-21-12-7-9-13-22(21)26)19(4)25(31)27-15-18(2)3/h7-14,18-19H,6,15-17H2,1-5H3,(H,27,31). The number of carbonyl (C=O) groups is 2. The average molecular weight is 492 g/mol. The smallest absolute Gasteiger partial charge is 0.244 e. The number of amides is 2. The highest BCUT2D eigenvalue weighted by Crippen LogP contribution is 2.24. The van der Waals surface area contributed by atoms with Gasteiger partial charge in [0, 0.05) is 18.7 Å². The Balaban J connectivity index is 2.42. The molecule has 2 rings (SSSR count). The number of nitrogens with zero attached hydrogens (tertiary/aromatic N) is 2. The van der Waals surface area contributed by atoms with Gasteiger partial charge in [0.2, 0.25) is 21.8 Å². The monoisotopic (exact) mass is 491 g/mol. The minimum absolute atomic E-state index is 0.172. The highest BCUT2D eigenvalue weighted by atomic mass is 32.2. The number of para-hydroxylation sites is 1. The molecule has 1 unspecified atom stereocenters. The fourth-order valence-electron chi connectivity index (χ4n) is 3.49. The van der Waals surface area contributed by atoms with Crippen LogP contribution in [0.2, 0.25) is 0 Å². The first kappa shape index (κ1) is 27.3. The van der Waals surface area contributed by atoms with Crippen molar-refractivity contribution in [2.45, 2.75) is 46.7 Å². The van der Waals surface area contributed by atoms with Gasteiger partial charge in [-0.05, 0) is 37.0 Å². The molecule has 0 spiro atoms. The Labute approximate surface area is 202 Å². The summed E-state index contributed by atoms with van der Waals surface area (Å²) in [4.78, 5) is 27.5. The summed E-state index contributed by atoms with van der Waals surface area (Å²) in [6, 6.07) is 12.0. The second kappa shape index (κ2) is 12.0. The van der Waals surface area contributed by atoms with E-state index in [4.69, 9.17) is 0 Å². The van der Waals surface area contributed by atoms with E-state index in [0.29, 0.717) is 18.7 Å². The summed E-state index contributed by atoms with van der Waals surface area (Å²) < 4.78 is 40.8. The van der Waals surface area contributed by atoms with Gasteiger partial charge in [-0.2, -0.15) is 0 Å². The van der Waals surface area contributed by atoms with Crippen LogP contribution in [0, 0.1) is 11.7 Å². The predicted molar refractivity (Wildman–Crippen MR) is 132 cm³/mol. The number of rotatable bonds is 11. The lowest BCUT2D eigenvalue weighted by Crippen LogP contribution is -2.51. The number of hydrogen-bond acceptors (Lipinski definition) is 4. The molecule has 9 heteroatoms. The number of anilines is 1. The number of carbonyl (C=O) groups excluding carboxylic acids is 2. The van der Waals surface area contributed by atoms with Crippen molar-refractivity contribution in [3.05, 3.63) is 65.5 Å². The van der Waals surface area contributed by atoms with Crippen molar-refractivity contribution in [2.24, 2.45) is 5.92 Å². The quantitative estimate of drug-likeness (QED) is 0.522. The number of sulfonamides is 1. The van der Waals surface area contributed by atoms with Crippen molar-refractivity contribution < 1.29 is 22.4 Å². The van der Waals surface area contributed by atoms with Gasteiger partial charge in [0.1, 0.15) is 18.4 Å². The third kappa shape index (κ3) is 7.28. The molecular formula is C25H34FN3O4S. The maximum Gasteiger partial charge on any atom is 0.244 e. The molecule has 0 aromatic heterocycles. The van der Waals surface area contributed by atoms with E-state index in [-0.39, 0.29) is 18.0 Å². The normalized spacial score (nSPS) is 12.3. The van der Waals surface area contributed by atoms with E-state index in [1.807, 2.05) is 20.8 Å². The lowest BCUT2D eigenvalue weighted by molar-refractivity contribution is -0.139. The van der Waals surface area contributed by atoms with Gasteiger partial charge in [0.25, 0.3) is 0 Å². The van der Waals surface area contributed by atoms with Crippen LogP contribution in [0.4, 0.5) is 10.1 Å². The van der Waals surface area contributed by atoms with E-state index >= 15 is 0 Å². The molecule has 1 N–H and O–H groups in total.